The van der Waals surface area contributed by atoms with Gasteiger partial charge in [-0.3, -0.25) is 4.98 Å². The van der Waals surface area contributed by atoms with Gasteiger partial charge in [0.25, 0.3) is 0 Å². The van der Waals surface area contributed by atoms with Gasteiger partial charge in [-0.15, -0.1) is 0 Å². The number of rotatable bonds is 6. The predicted molar refractivity (Wildman–Crippen MR) is 82.4 cm³/mol. The molecular weight excluding hydrogens is 272 g/mol. The van der Waals surface area contributed by atoms with Gasteiger partial charge < -0.3 is 10.1 Å². The molecule has 0 amide bonds. The van der Waals surface area contributed by atoms with Gasteiger partial charge in [0.15, 0.2) is 0 Å². The lowest BCUT2D eigenvalue weighted by atomic mass is 10.0. The monoisotopic (exact) mass is 290 g/mol. The van der Waals surface area contributed by atoms with E-state index < -0.39 is 0 Å². The van der Waals surface area contributed by atoms with Crippen LogP contribution in [-0.2, 0) is 6.42 Å². The summed E-state index contributed by atoms with van der Waals surface area (Å²) in [5.41, 5.74) is 2.31. The van der Waals surface area contributed by atoms with Crippen molar-refractivity contribution in [3.05, 3.63) is 58.9 Å². The summed E-state index contributed by atoms with van der Waals surface area (Å²) in [6.07, 6.45) is 3.66. The molecule has 1 N–H and O–H groups in total. The van der Waals surface area contributed by atoms with E-state index in [0.717, 1.165) is 24.3 Å². The normalized spacial score (nSPS) is 12.2. The van der Waals surface area contributed by atoms with Gasteiger partial charge in [0.2, 0.25) is 0 Å². The van der Waals surface area contributed by atoms with Crippen LogP contribution in [0.2, 0.25) is 5.02 Å². The lowest BCUT2D eigenvalue weighted by molar-refractivity contribution is 0.414. The van der Waals surface area contributed by atoms with Crippen molar-refractivity contribution in [1.82, 2.24) is 10.3 Å². The van der Waals surface area contributed by atoms with E-state index >= 15 is 0 Å². The molecule has 3 nitrogen and oxygen atoms in total. The molecule has 1 heterocycles. The first-order valence-electron chi connectivity index (χ1n) is 6.64. The fraction of sp³-hybridized carbons (Fsp3) is 0.312. The van der Waals surface area contributed by atoms with E-state index in [1.54, 1.807) is 13.3 Å². The van der Waals surface area contributed by atoms with Crippen molar-refractivity contribution in [2.45, 2.75) is 18.9 Å². The topological polar surface area (TPSA) is 34.1 Å². The Morgan fingerprint density at radius 3 is 2.50 bits per heavy atom. The SMILES string of the molecule is CNC(CCc1ccc(OC)cc1)c1ccc(Cl)cn1. The highest BCUT2D eigenvalue weighted by atomic mass is 35.5. The Hall–Kier alpha value is -1.58. The van der Waals surface area contributed by atoms with Crippen molar-refractivity contribution in [3.8, 4) is 5.75 Å². The van der Waals surface area contributed by atoms with E-state index in [1.807, 2.05) is 31.3 Å². The average Bonchev–Trinajstić information content (AvgIpc) is 2.50. The molecule has 1 unspecified atom stereocenters. The molecule has 1 aromatic carbocycles. The lowest BCUT2D eigenvalue weighted by Gasteiger charge is -2.15. The third kappa shape index (κ3) is 3.95. The van der Waals surface area contributed by atoms with Crippen LogP contribution in [0.15, 0.2) is 42.6 Å². The fourth-order valence-corrected chi connectivity index (χ4v) is 2.25. The number of pyridine rings is 1. The van der Waals surface area contributed by atoms with Gasteiger partial charge in [-0.1, -0.05) is 23.7 Å². The molecule has 0 aliphatic rings. The van der Waals surface area contributed by atoms with Crippen LogP contribution in [0.4, 0.5) is 0 Å². The van der Waals surface area contributed by atoms with Gasteiger partial charge in [-0.25, -0.2) is 0 Å². The predicted octanol–water partition coefficient (Wildman–Crippen LogP) is 3.64. The van der Waals surface area contributed by atoms with Crippen LogP contribution < -0.4 is 10.1 Å². The minimum Gasteiger partial charge on any atom is -0.497 e. The van der Waals surface area contributed by atoms with Crippen molar-refractivity contribution in [1.29, 1.82) is 0 Å². The van der Waals surface area contributed by atoms with Crippen molar-refractivity contribution in [2.24, 2.45) is 0 Å². The molecule has 4 heteroatoms. The Labute approximate surface area is 124 Å². The number of aryl methyl sites for hydroxylation is 1. The quantitative estimate of drug-likeness (QED) is 0.882. The van der Waals surface area contributed by atoms with Crippen LogP contribution in [0.3, 0.4) is 0 Å². The number of methoxy groups -OCH3 is 1. The van der Waals surface area contributed by atoms with E-state index in [1.165, 1.54) is 5.56 Å². The average molecular weight is 291 g/mol. The van der Waals surface area contributed by atoms with E-state index in [9.17, 15) is 0 Å². The highest BCUT2D eigenvalue weighted by molar-refractivity contribution is 6.30. The van der Waals surface area contributed by atoms with E-state index in [4.69, 9.17) is 16.3 Å². The van der Waals surface area contributed by atoms with Gasteiger partial charge in [-0.05, 0) is 49.7 Å². The standard InChI is InChI=1S/C16H19ClN2O/c1-18-15(16-10-6-13(17)11-19-16)9-5-12-3-7-14(20-2)8-4-12/h3-4,6-8,10-11,15,18H,5,9H2,1-2H3. The Morgan fingerprint density at radius 2 is 1.95 bits per heavy atom. The summed E-state index contributed by atoms with van der Waals surface area (Å²) < 4.78 is 5.16. The number of ether oxygens (including phenoxy) is 1. The molecule has 106 valence electrons. The third-order valence-electron chi connectivity index (χ3n) is 3.34. The Kier molecular flexibility index (Phi) is 5.39. The smallest absolute Gasteiger partial charge is 0.118 e. The van der Waals surface area contributed by atoms with Crippen molar-refractivity contribution >= 4 is 11.6 Å². The number of benzene rings is 1. The van der Waals surface area contributed by atoms with Crippen LogP contribution in [0.25, 0.3) is 0 Å². The summed E-state index contributed by atoms with van der Waals surface area (Å²) in [6, 6.07) is 12.3. The van der Waals surface area contributed by atoms with Gasteiger partial charge in [-0.2, -0.15) is 0 Å². The number of nitrogens with zero attached hydrogens (tertiary/aromatic N) is 1. The minimum absolute atomic E-state index is 0.231. The van der Waals surface area contributed by atoms with Crippen LogP contribution in [0.5, 0.6) is 5.75 Å². The fourth-order valence-electron chi connectivity index (χ4n) is 2.14. The van der Waals surface area contributed by atoms with Gasteiger partial charge in [0, 0.05) is 12.2 Å². The van der Waals surface area contributed by atoms with Crippen LogP contribution in [0, 0.1) is 0 Å². The molecule has 20 heavy (non-hydrogen) atoms. The summed E-state index contributed by atoms with van der Waals surface area (Å²) >= 11 is 5.87. The molecule has 0 bridgehead atoms. The minimum atomic E-state index is 0.231. The molecule has 1 atom stereocenters. The van der Waals surface area contributed by atoms with Gasteiger partial charge in [0.05, 0.1) is 17.8 Å². The van der Waals surface area contributed by atoms with Crippen molar-refractivity contribution in [3.63, 3.8) is 0 Å². The molecule has 1 aromatic heterocycles. The number of hydrogen-bond donors (Lipinski definition) is 1. The maximum Gasteiger partial charge on any atom is 0.118 e. The Balaban J connectivity index is 1.97. The molecule has 0 saturated carbocycles. The molecule has 0 aliphatic carbocycles. The van der Waals surface area contributed by atoms with Crippen LogP contribution >= 0.6 is 11.6 Å². The van der Waals surface area contributed by atoms with Crippen LogP contribution in [0.1, 0.15) is 23.7 Å². The van der Waals surface area contributed by atoms with E-state index in [-0.39, 0.29) is 6.04 Å². The van der Waals surface area contributed by atoms with Gasteiger partial charge >= 0.3 is 0 Å². The molecule has 2 aromatic rings. The lowest BCUT2D eigenvalue weighted by Crippen LogP contribution is -2.18. The summed E-state index contributed by atoms with van der Waals surface area (Å²) in [6.45, 7) is 0. The molecule has 0 radical (unpaired) electrons. The summed E-state index contributed by atoms with van der Waals surface area (Å²) in [4.78, 5) is 4.37. The maximum atomic E-state index is 5.87. The van der Waals surface area contributed by atoms with Crippen molar-refractivity contribution in [2.75, 3.05) is 14.2 Å². The largest absolute Gasteiger partial charge is 0.497 e. The number of hydrogen-bond acceptors (Lipinski definition) is 3. The van der Waals surface area contributed by atoms with Crippen molar-refractivity contribution < 1.29 is 4.74 Å². The first-order chi connectivity index (χ1) is 9.72. The first kappa shape index (κ1) is 14.8. The highest BCUT2D eigenvalue weighted by Crippen LogP contribution is 2.20. The summed E-state index contributed by atoms with van der Waals surface area (Å²) in [7, 11) is 3.63. The number of aromatic nitrogens is 1. The third-order valence-corrected chi connectivity index (χ3v) is 3.56. The van der Waals surface area contributed by atoms with Crippen LogP contribution in [-0.4, -0.2) is 19.1 Å². The molecule has 0 spiro atoms. The first-order valence-corrected chi connectivity index (χ1v) is 7.02. The Bertz CT molecular complexity index is 525. The zero-order chi connectivity index (χ0) is 14.4. The zero-order valence-corrected chi connectivity index (χ0v) is 12.5. The molecule has 0 fully saturated rings. The molecule has 0 aliphatic heterocycles. The molecule has 2 rings (SSSR count). The maximum absolute atomic E-state index is 5.87. The molecular formula is C16H19ClN2O. The second kappa shape index (κ2) is 7.27. The summed E-state index contributed by atoms with van der Waals surface area (Å²) in [5, 5.41) is 3.97. The zero-order valence-electron chi connectivity index (χ0n) is 11.8. The number of nitrogens with one attached hydrogen (secondary N) is 1. The second-order valence-electron chi connectivity index (χ2n) is 4.63. The highest BCUT2D eigenvalue weighted by Gasteiger charge is 2.10. The van der Waals surface area contributed by atoms with E-state index in [0.29, 0.717) is 5.02 Å². The number of halogens is 1. The van der Waals surface area contributed by atoms with E-state index in [2.05, 4.69) is 22.4 Å². The molecule has 0 saturated heterocycles. The second-order valence-corrected chi connectivity index (χ2v) is 5.07. The summed E-state index contributed by atoms with van der Waals surface area (Å²) in [5.74, 6) is 0.887. The van der Waals surface area contributed by atoms with Gasteiger partial charge in [0.1, 0.15) is 5.75 Å². The Morgan fingerprint density at radius 1 is 1.20 bits per heavy atom.